The SMILES string of the molecule is O=C(CCC1CC2C=CC1C2)Oc1cccc2ccccc12. The monoisotopic (exact) mass is 292 g/mol. The van der Waals surface area contributed by atoms with E-state index in [1.165, 1.54) is 12.8 Å². The maximum Gasteiger partial charge on any atom is 0.311 e. The van der Waals surface area contributed by atoms with Gasteiger partial charge in [-0.2, -0.15) is 0 Å². The molecule has 0 radical (unpaired) electrons. The van der Waals surface area contributed by atoms with Gasteiger partial charge in [-0.3, -0.25) is 4.79 Å². The topological polar surface area (TPSA) is 26.3 Å². The minimum absolute atomic E-state index is 0.108. The van der Waals surface area contributed by atoms with Crippen LogP contribution in [0.3, 0.4) is 0 Å². The molecule has 0 aromatic heterocycles. The Kier molecular flexibility index (Phi) is 3.45. The quantitative estimate of drug-likeness (QED) is 0.462. The summed E-state index contributed by atoms with van der Waals surface area (Å²) >= 11 is 0. The van der Waals surface area contributed by atoms with Gasteiger partial charge in [-0.25, -0.2) is 0 Å². The highest BCUT2D eigenvalue weighted by molar-refractivity contribution is 5.90. The molecule has 112 valence electrons. The lowest BCUT2D eigenvalue weighted by Crippen LogP contribution is -2.13. The van der Waals surface area contributed by atoms with Crippen molar-refractivity contribution in [2.24, 2.45) is 17.8 Å². The van der Waals surface area contributed by atoms with Gasteiger partial charge in [0.15, 0.2) is 0 Å². The van der Waals surface area contributed by atoms with Gasteiger partial charge < -0.3 is 4.74 Å². The van der Waals surface area contributed by atoms with E-state index >= 15 is 0 Å². The van der Waals surface area contributed by atoms with Gasteiger partial charge in [0.2, 0.25) is 0 Å². The Morgan fingerprint density at radius 2 is 1.91 bits per heavy atom. The fourth-order valence-electron chi connectivity index (χ4n) is 3.99. The molecule has 2 heteroatoms. The maximum atomic E-state index is 12.2. The average Bonchev–Trinajstić information content (AvgIpc) is 3.16. The predicted octanol–water partition coefficient (Wildman–Crippen LogP) is 4.74. The molecule has 22 heavy (non-hydrogen) atoms. The van der Waals surface area contributed by atoms with Crippen LogP contribution in [-0.4, -0.2) is 5.97 Å². The summed E-state index contributed by atoms with van der Waals surface area (Å²) in [4.78, 5) is 12.2. The van der Waals surface area contributed by atoms with Crippen molar-refractivity contribution >= 4 is 16.7 Å². The molecular weight excluding hydrogens is 272 g/mol. The Morgan fingerprint density at radius 1 is 1.05 bits per heavy atom. The number of allylic oxidation sites excluding steroid dienone is 2. The molecule has 0 amide bonds. The van der Waals surface area contributed by atoms with Crippen molar-refractivity contribution in [2.75, 3.05) is 0 Å². The molecule has 0 N–H and O–H groups in total. The van der Waals surface area contributed by atoms with Crippen molar-refractivity contribution in [3.63, 3.8) is 0 Å². The van der Waals surface area contributed by atoms with Crippen LogP contribution in [0.5, 0.6) is 5.75 Å². The van der Waals surface area contributed by atoms with Gasteiger partial charge in [-0.1, -0.05) is 48.6 Å². The molecule has 3 unspecified atom stereocenters. The van der Waals surface area contributed by atoms with Crippen LogP contribution in [-0.2, 0) is 4.79 Å². The average molecular weight is 292 g/mol. The van der Waals surface area contributed by atoms with E-state index in [1.807, 2.05) is 42.5 Å². The fraction of sp³-hybridized carbons (Fsp3) is 0.350. The van der Waals surface area contributed by atoms with E-state index in [-0.39, 0.29) is 5.97 Å². The van der Waals surface area contributed by atoms with Crippen molar-refractivity contribution < 1.29 is 9.53 Å². The molecule has 2 aliphatic carbocycles. The predicted molar refractivity (Wildman–Crippen MR) is 87.7 cm³/mol. The molecule has 0 spiro atoms. The van der Waals surface area contributed by atoms with Gasteiger partial charge in [0.25, 0.3) is 0 Å². The second-order valence-corrected chi connectivity index (χ2v) is 6.53. The zero-order valence-corrected chi connectivity index (χ0v) is 12.6. The first-order chi connectivity index (χ1) is 10.8. The molecule has 1 saturated carbocycles. The molecule has 0 heterocycles. The Balaban J connectivity index is 1.40. The second-order valence-electron chi connectivity index (χ2n) is 6.53. The molecule has 2 aromatic carbocycles. The second kappa shape index (κ2) is 5.60. The van der Waals surface area contributed by atoms with E-state index in [9.17, 15) is 4.79 Å². The number of rotatable bonds is 4. The van der Waals surface area contributed by atoms with Crippen LogP contribution < -0.4 is 4.74 Å². The van der Waals surface area contributed by atoms with E-state index in [1.54, 1.807) is 0 Å². The van der Waals surface area contributed by atoms with Crippen LogP contribution >= 0.6 is 0 Å². The van der Waals surface area contributed by atoms with E-state index < -0.39 is 0 Å². The number of benzene rings is 2. The molecule has 2 aliphatic rings. The molecule has 3 atom stereocenters. The summed E-state index contributed by atoms with van der Waals surface area (Å²) in [6.07, 6.45) is 8.70. The molecule has 2 aromatic rings. The lowest BCUT2D eigenvalue weighted by molar-refractivity contribution is -0.134. The Bertz CT molecular complexity index is 726. The molecule has 2 nitrogen and oxygen atoms in total. The van der Waals surface area contributed by atoms with Crippen molar-refractivity contribution in [2.45, 2.75) is 25.7 Å². The van der Waals surface area contributed by atoms with Gasteiger partial charge in [0, 0.05) is 11.8 Å². The van der Waals surface area contributed by atoms with Crippen LogP contribution in [0.1, 0.15) is 25.7 Å². The largest absolute Gasteiger partial charge is 0.426 e. The van der Waals surface area contributed by atoms with Gasteiger partial charge in [0.05, 0.1) is 0 Å². The third kappa shape index (κ3) is 2.54. The molecule has 1 fully saturated rings. The molecule has 4 rings (SSSR count). The highest BCUT2D eigenvalue weighted by atomic mass is 16.5. The fourth-order valence-corrected chi connectivity index (χ4v) is 3.99. The number of hydrogen-bond acceptors (Lipinski definition) is 2. The standard InChI is InChI=1S/C20H20O2/c21-20(11-10-17-13-14-8-9-16(17)12-14)22-19-7-3-5-15-4-1-2-6-18(15)19/h1-9,14,16-17H,10-13H2. The van der Waals surface area contributed by atoms with E-state index in [0.29, 0.717) is 24.0 Å². The van der Waals surface area contributed by atoms with Crippen molar-refractivity contribution in [1.82, 2.24) is 0 Å². The zero-order chi connectivity index (χ0) is 14.9. The van der Waals surface area contributed by atoms with Crippen LogP contribution in [0, 0.1) is 17.8 Å². The lowest BCUT2D eigenvalue weighted by atomic mass is 9.89. The van der Waals surface area contributed by atoms with Crippen molar-refractivity contribution in [3.8, 4) is 5.75 Å². The van der Waals surface area contributed by atoms with Crippen LogP contribution in [0.15, 0.2) is 54.6 Å². The van der Waals surface area contributed by atoms with Gasteiger partial charge in [-0.15, -0.1) is 0 Å². The first-order valence-corrected chi connectivity index (χ1v) is 8.16. The molecular formula is C20H20O2. The third-order valence-corrected chi connectivity index (χ3v) is 5.11. The molecule has 0 aliphatic heterocycles. The Hall–Kier alpha value is -2.09. The van der Waals surface area contributed by atoms with Crippen LogP contribution in [0.2, 0.25) is 0 Å². The molecule has 2 bridgehead atoms. The zero-order valence-electron chi connectivity index (χ0n) is 12.6. The van der Waals surface area contributed by atoms with E-state index in [4.69, 9.17) is 4.74 Å². The van der Waals surface area contributed by atoms with Crippen LogP contribution in [0.4, 0.5) is 0 Å². The summed E-state index contributed by atoms with van der Waals surface area (Å²) in [6, 6.07) is 13.9. The van der Waals surface area contributed by atoms with Gasteiger partial charge in [0.1, 0.15) is 5.75 Å². The lowest BCUT2D eigenvalue weighted by Gasteiger charge is -2.17. The highest BCUT2D eigenvalue weighted by Gasteiger charge is 2.35. The Labute approximate surface area is 130 Å². The first kappa shape index (κ1) is 13.6. The highest BCUT2D eigenvalue weighted by Crippen LogP contribution is 2.45. The normalized spacial score (nSPS) is 25.7. The van der Waals surface area contributed by atoms with E-state index in [0.717, 1.165) is 23.1 Å². The number of fused-ring (bicyclic) bond motifs is 3. The number of carbonyl (C=O) groups excluding carboxylic acids is 1. The molecule has 0 saturated heterocycles. The smallest absolute Gasteiger partial charge is 0.311 e. The van der Waals surface area contributed by atoms with Crippen LogP contribution in [0.25, 0.3) is 10.8 Å². The van der Waals surface area contributed by atoms with Gasteiger partial charge in [-0.05, 0) is 48.5 Å². The number of hydrogen-bond donors (Lipinski definition) is 0. The number of carbonyl (C=O) groups is 1. The summed E-state index contributed by atoms with van der Waals surface area (Å²) in [5.74, 6) is 2.72. The van der Waals surface area contributed by atoms with Crippen molar-refractivity contribution in [3.05, 3.63) is 54.6 Å². The number of esters is 1. The Morgan fingerprint density at radius 3 is 2.73 bits per heavy atom. The summed E-state index contributed by atoms with van der Waals surface area (Å²) in [5.41, 5.74) is 0. The minimum atomic E-state index is -0.108. The summed E-state index contributed by atoms with van der Waals surface area (Å²) in [5, 5.41) is 2.10. The minimum Gasteiger partial charge on any atom is -0.426 e. The summed E-state index contributed by atoms with van der Waals surface area (Å²) in [7, 11) is 0. The van der Waals surface area contributed by atoms with Gasteiger partial charge >= 0.3 is 5.97 Å². The summed E-state index contributed by atoms with van der Waals surface area (Å²) in [6.45, 7) is 0. The number of ether oxygens (including phenoxy) is 1. The van der Waals surface area contributed by atoms with Crippen molar-refractivity contribution in [1.29, 1.82) is 0 Å². The first-order valence-electron chi connectivity index (χ1n) is 8.16. The maximum absolute atomic E-state index is 12.2. The van der Waals surface area contributed by atoms with E-state index in [2.05, 4.69) is 12.2 Å². The summed E-state index contributed by atoms with van der Waals surface area (Å²) < 4.78 is 5.61. The third-order valence-electron chi connectivity index (χ3n) is 5.11.